The van der Waals surface area contributed by atoms with Crippen molar-refractivity contribution in [3.63, 3.8) is 0 Å². The van der Waals surface area contributed by atoms with E-state index in [4.69, 9.17) is 10.00 Å². The fourth-order valence-electron chi connectivity index (χ4n) is 1.56. The fourth-order valence-corrected chi connectivity index (χ4v) is 1.56. The lowest BCUT2D eigenvalue weighted by Crippen LogP contribution is -2.12. The lowest BCUT2D eigenvalue weighted by molar-refractivity contribution is 0.397. The zero-order chi connectivity index (χ0) is 11.5. The van der Waals surface area contributed by atoms with Crippen LogP contribution in [0.3, 0.4) is 0 Å². The minimum absolute atomic E-state index is 0.0660. The minimum atomic E-state index is 0.0660. The molecule has 1 rings (SSSR count). The van der Waals surface area contributed by atoms with Gasteiger partial charge in [0.2, 0.25) is 0 Å². The average molecular weight is 203 g/mol. The van der Waals surface area contributed by atoms with Crippen molar-refractivity contribution in [1.82, 2.24) is 0 Å². The molecule has 80 valence electrons. The Morgan fingerprint density at radius 1 is 1.33 bits per heavy atom. The molecule has 0 aliphatic carbocycles. The van der Waals surface area contributed by atoms with E-state index in [1.807, 2.05) is 18.2 Å². The Bertz CT molecular complexity index is 383. The topological polar surface area (TPSA) is 33.0 Å². The van der Waals surface area contributed by atoms with E-state index in [1.165, 1.54) is 5.56 Å². The molecule has 0 unspecified atom stereocenters. The third-order valence-electron chi connectivity index (χ3n) is 2.36. The van der Waals surface area contributed by atoms with E-state index < -0.39 is 0 Å². The molecule has 15 heavy (non-hydrogen) atoms. The molecule has 0 amide bonds. The van der Waals surface area contributed by atoms with Crippen molar-refractivity contribution in [1.29, 1.82) is 5.26 Å². The van der Waals surface area contributed by atoms with E-state index in [9.17, 15) is 0 Å². The first-order chi connectivity index (χ1) is 6.99. The maximum Gasteiger partial charge on any atom is 0.122 e. The van der Waals surface area contributed by atoms with Gasteiger partial charge in [0.05, 0.1) is 19.6 Å². The van der Waals surface area contributed by atoms with Gasteiger partial charge in [-0.2, -0.15) is 5.26 Å². The Hall–Kier alpha value is -1.49. The molecule has 0 atom stereocenters. The second-order valence-electron chi connectivity index (χ2n) is 4.62. The summed E-state index contributed by atoms with van der Waals surface area (Å²) >= 11 is 0. The lowest BCUT2D eigenvalue weighted by atomic mass is 9.85. The van der Waals surface area contributed by atoms with E-state index in [0.29, 0.717) is 6.42 Å². The number of ether oxygens (including phenoxy) is 1. The van der Waals surface area contributed by atoms with Gasteiger partial charge in [-0.05, 0) is 22.6 Å². The first-order valence-corrected chi connectivity index (χ1v) is 5.03. The summed E-state index contributed by atoms with van der Waals surface area (Å²) in [6, 6.07) is 8.13. The number of methoxy groups -OCH3 is 1. The number of benzene rings is 1. The van der Waals surface area contributed by atoms with Crippen LogP contribution in [0.4, 0.5) is 0 Å². The van der Waals surface area contributed by atoms with Gasteiger partial charge in [0.1, 0.15) is 5.75 Å². The standard InChI is InChI=1S/C13H17NO/c1-13(2,3)11-6-5-10(7-8-14)9-12(11)15-4/h5-6,9H,7H2,1-4H3. The Morgan fingerprint density at radius 3 is 2.47 bits per heavy atom. The number of hydrogen-bond acceptors (Lipinski definition) is 2. The zero-order valence-electron chi connectivity index (χ0n) is 9.79. The first kappa shape index (κ1) is 11.6. The van der Waals surface area contributed by atoms with E-state index in [0.717, 1.165) is 11.3 Å². The van der Waals surface area contributed by atoms with Gasteiger partial charge in [0.25, 0.3) is 0 Å². The van der Waals surface area contributed by atoms with Crippen LogP contribution in [0.15, 0.2) is 18.2 Å². The molecule has 0 aliphatic rings. The summed E-state index contributed by atoms with van der Waals surface area (Å²) in [6.45, 7) is 6.44. The predicted octanol–water partition coefficient (Wildman–Crippen LogP) is 3.06. The summed E-state index contributed by atoms with van der Waals surface area (Å²) < 4.78 is 5.35. The maximum absolute atomic E-state index is 8.62. The van der Waals surface area contributed by atoms with Gasteiger partial charge < -0.3 is 4.74 Å². The lowest BCUT2D eigenvalue weighted by Gasteiger charge is -2.22. The largest absolute Gasteiger partial charge is 0.496 e. The van der Waals surface area contributed by atoms with Crippen LogP contribution in [0.1, 0.15) is 31.9 Å². The molecular weight excluding hydrogens is 186 g/mol. The van der Waals surface area contributed by atoms with Gasteiger partial charge in [-0.3, -0.25) is 0 Å². The summed E-state index contributed by atoms with van der Waals surface area (Å²) in [5, 5.41) is 8.62. The molecule has 0 saturated carbocycles. The molecule has 0 bridgehead atoms. The zero-order valence-corrected chi connectivity index (χ0v) is 9.79. The molecule has 2 nitrogen and oxygen atoms in total. The molecule has 0 heterocycles. The van der Waals surface area contributed by atoms with Gasteiger partial charge in [-0.25, -0.2) is 0 Å². The van der Waals surface area contributed by atoms with E-state index in [2.05, 4.69) is 26.8 Å². The Balaban J connectivity index is 3.16. The van der Waals surface area contributed by atoms with Crippen LogP contribution >= 0.6 is 0 Å². The van der Waals surface area contributed by atoms with Crippen LogP contribution in [0, 0.1) is 11.3 Å². The summed E-state index contributed by atoms with van der Waals surface area (Å²) in [5.41, 5.74) is 2.24. The number of rotatable bonds is 2. The van der Waals surface area contributed by atoms with Gasteiger partial charge in [0.15, 0.2) is 0 Å². The van der Waals surface area contributed by atoms with Crippen molar-refractivity contribution in [3.8, 4) is 11.8 Å². The Morgan fingerprint density at radius 2 is 2.00 bits per heavy atom. The van der Waals surface area contributed by atoms with Crippen LogP contribution in [-0.2, 0) is 11.8 Å². The molecule has 1 aromatic carbocycles. The monoisotopic (exact) mass is 203 g/mol. The quantitative estimate of drug-likeness (QED) is 0.740. The molecular formula is C13H17NO. The SMILES string of the molecule is COc1cc(CC#N)ccc1C(C)(C)C. The molecule has 0 radical (unpaired) electrons. The number of nitrogens with zero attached hydrogens (tertiary/aromatic N) is 1. The normalized spacial score (nSPS) is 10.9. The highest BCUT2D eigenvalue weighted by atomic mass is 16.5. The van der Waals surface area contributed by atoms with Crippen LogP contribution < -0.4 is 4.74 Å². The molecule has 0 spiro atoms. The molecule has 0 aromatic heterocycles. The van der Waals surface area contributed by atoms with E-state index >= 15 is 0 Å². The molecule has 1 aromatic rings. The van der Waals surface area contributed by atoms with Gasteiger partial charge in [-0.15, -0.1) is 0 Å². The highest BCUT2D eigenvalue weighted by molar-refractivity contribution is 5.42. The molecule has 2 heteroatoms. The summed E-state index contributed by atoms with van der Waals surface area (Å²) in [4.78, 5) is 0. The van der Waals surface area contributed by atoms with Crippen molar-refractivity contribution in [3.05, 3.63) is 29.3 Å². The van der Waals surface area contributed by atoms with Crippen molar-refractivity contribution in [2.45, 2.75) is 32.6 Å². The third kappa shape index (κ3) is 2.73. The second-order valence-corrected chi connectivity index (χ2v) is 4.62. The Kier molecular flexibility index (Phi) is 3.36. The van der Waals surface area contributed by atoms with E-state index in [1.54, 1.807) is 7.11 Å². The minimum Gasteiger partial charge on any atom is -0.496 e. The van der Waals surface area contributed by atoms with Gasteiger partial charge >= 0.3 is 0 Å². The second kappa shape index (κ2) is 4.35. The van der Waals surface area contributed by atoms with Crippen molar-refractivity contribution >= 4 is 0 Å². The van der Waals surface area contributed by atoms with Crippen molar-refractivity contribution < 1.29 is 4.74 Å². The number of hydrogen-bond donors (Lipinski definition) is 0. The summed E-state index contributed by atoms with van der Waals surface area (Å²) in [6.07, 6.45) is 0.431. The average Bonchev–Trinajstić information content (AvgIpc) is 2.16. The summed E-state index contributed by atoms with van der Waals surface area (Å²) in [7, 11) is 1.67. The highest BCUT2D eigenvalue weighted by Crippen LogP contribution is 2.31. The molecule has 0 aliphatic heterocycles. The van der Waals surface area contributed by atoms with Crippen LogP contribution in [0.5, 0.6) is 5.75 Å². The third-order valence-corrected chi connectivity index (χ3v) is 2.36. The maximum atomic E-state index is 8.62. The Labute approximate surface area is 91.5 Å². The first-order valence-electron chi connectivity index (χ1n) is 5.03. The highest BCUT2D eigenvalue weighted by Gasteiger charge is 2.18. The van der Waals surface area contributed by atoms with Crippen LogP contribution in [0.25, 0.3) is 0 Å². The van der Waals surface area contributed by atoms with Crippen molar-refractivity contribution in [2.24, 2.45) is 0 Å². The van der Waals surface area contributed by atoms with Gasteiger partial charge in [0, 0.05) is 0 Å². The number of nitriles is 1. The van der Waals surface area contributed by atoms with Crippen LogP contribution in [-0.4, -0.2) is 7.11 Å². The molecule has 0 saturated heterocycles. The van der Waals surface area contributed by atoms with E-state index in [-0.39, 0.29) is 5.41 Å². The van der Waals surface area contributed by atoms with Crippen LogP contribution in [0.2, 0.25) is 0 Å². The molecule has 0 fully saturated rings. The predicted molar refractivity (Wildman–Crippen MR) is 61.0 cm³/mol. The fraction of sp³-hybridized carbons (Fsp3) is 0.462. The smallest absolute Gasteiger partial charge is 0.122 e. The molecule has 0 N–H and O–H groups in total. The van der Waals surface area contributed by atoms with Crippen molar-refractivity contribution in [2.75, 3.05) is 7.11 Å². The summed E-state index contributed by atoms with van der Waals surface area (Å²) in [5.74, 6) is 0.871. The van der Waals surface area contributed by atoms with Gasteiger partial charge in [-0.1, -0.05) is 32.9 Å².